The summed E-state index contributed by atoms with van der Waals surface area (Å²) >= 11 is 0. The third-order valence-corrected chi connectivity index (χ3v) is 1.44. The zero-order valence-corrected chi connectivity index (χ0v) is 6.60. The van der Waals surface area contributed by atoms with Crippen molar-refractivity contribution >= 4 is 6.08 Å². The molecule has 0 bridgehead atoms. The van der Waals surface area contributed by atoms with Crippen molar-refractivity contribution in [2.45, 2.75) is 0 Å². The summed E-state index contributed by atoms with van der Waals surface area (Å²) in [7, 11) is 0. The van der Waals surface area contributed by atoms with Gasteiger partial charge in [-0.15, -0.1) is 0 Å². The lowest BCUT2D eigenvalue weighted by Crippen LogP contribution is -1.90. The van der Waals surface area contributed by atoms with E-state index in [0.29, 0.717) is 6.07 Å². The summed E-state index contributed by atoms with van der Waals surface area (Å²) < 4.78 is 37.8. The molecular weight excluding hydrogens is 181 g/mol. The van der Waals surface area contributed by atoms with Crippen molar-refractivity contribution in [2.24, 2.45) is 0 Å². The van der Waals surface area contributed by atoms with Crippen LogP contribution in [0.4, 0.5) is 13.2 Å². The highest BCUT2D eigenvalue weighted by atomic mass is 19.2. The Bertz CT molecular complexity index is 334. The predicted octanol–water partition coefficient (Wildman–Crippen LogP) is 2.11. The minimum Gasteiger partial charge on any atom is -0.392 e. The van der Waals surface area contributed by atoms with E-state index in [1.54, 1.807) is 0 Å². The van der Waals surface area contributed by atoms with Crippen molar-refractivity contribution in [3.05, 3.63) is 41.2 Å². The summed E-state index contributed by atoms with van der Waals surface area (Å²) in [6, 6.07) is 1.20. The van der Waals surface area contributed by atoms with Crippen molar-refractivity contribution in [1.29, 1.82) is 0 Å². The van der Waals surface area contributed by atoms with E-state index in [1.165, 1.54) is 12.2 Å². The molecule has 4 heteroatoms. The molecule has 0 aliphatic carbocycles. The van der Waals surface area contributed by atoms with Gasteiger partial charge in [-0.05, 0) is 6.07 Å². The summed E-state index contributed by atoms with van der Waals surface area (Å²) in [4.78, 5) is 0. The van der Waals surface area contributed by atoms with E-state index >= 15 is 0 Å². The fraction of sp³-hybridized carbons (Fsp3) is 0.111. The fourth-order valence-electron chi connectivity index (χ4n) is 0.845. The minimum atomic E-state index is -1.22. The quantitative estimate of drug-likeness (QED) is 0.704. The molecule has 0 saturated heterocycles. The molecule has 0 aliphatic rings. The van der Waals surface area contributed by atoms with E-state index < -0.39 is 17.5 Å². The second-order valence-corrected chi connectivity index (χ2v) is 2.37. The third-order valence-electron chi connectivity index (χ3n) is 1.44. The van der Waals surface area contributed by atoms with Crippen LogP contribution in [0.2, 0.25) is 0 Å². The topological polar surface area (TPSA) is 20.2 Å². The van der Waals surface area contributed by atoms with Crippen LogP contribution in [-0.4, -0.2) is 11.7 Å². The van der Waals surface area contributed by atoms with Gasteiger partial charge in [0.1, 0.15) is 5.82 Å². The number of rotatable bonds is 2. The Morgan fingerprint density at radius 2 is 1.69 bits per heavy atom. The highest BCUT2D eigenvalue weighted by molar-refractivity contribution is 5.50. The molecule has 1 rings (SSSR count). The smallest absolute Gasteiger partial charge is 0.161 e. The van der Waals surface area contributed by atoms with Crippen LogP contribution in [0.1, 0.15) is 5.56 Å². The van der Waals surface area contributed by atoms with Crippen LogP contribution >= 0.6 is 0 Å². The first-order valence-electron chi connectivity index (χ1n) is 3.57. The Labute approximate surface area is 73.1 Å². The number of benzene rings is 1. The average Bonchev–Trinajstić information content (AvgIpc) is 2.09. The second kappa shape index (κ2) is 4.09. The first-order chi connectivity index (χ1) is 6.15. The number of hydrogen-bond acceptors (Lipinski definition) is 1. The average molecular weight is 188 g/mol. The lowest BCUT2D eigenvalue weighted by molar-refractivity contribution is 0.343. The molecule has 0 amide bonds. The van der Waals surface area contributed by atoms with Gasteiger partial charge in [0.25, 0.3) is 0 Å². The lowest BCUT2D eigenvalue weighted by atomic mass is 10.2. The molecule has 1 nitrogen and oxygen atoms in total. The first kappa shape index (κ1) is 9.80. The molecule has 1 N–H and O–H groups in total. The molecule has 0 aromatic heterocycles. The summed E-state index contributed by atoms with van der Waals surface area (Å²) in [6.07, 6.45) is 2.41. The number of aliphatic hydroxyl groups is 1. The Balaban J connectivity index is 3.08. The maximum atomic E-state index is 12.8. The monoisotopic (exact) mass is 188 g/mol. The molecule has 1 aromatic rings. The molecule has 1 aromatic carbocycles. The zero-order valence-electron chi connectivity index (χ0n) is 6.60. The van der Waals surface area contributed by atoms with Crippen molar-refractivity contribution in [3.63, 3.8) is 0 Å². The Morgan fingerprint density at radius 1 is 1.08 bits per heavy atom. The van der Waals surface area contributed by atoms with Crippen molar-refractivity contribution < 1.29 is 18.3 Å². The van der Waals surface area contributed by atoms with Gasteiger partial charge in [-0.3, -0.25) is 0 Å². The lowest BCUT2D eigenvalue weighted by Gasteiger charge is -1.97. The maximum absolute atomic E-state index is 12.8. The van der Waals surface area contributed by atoms with Gasteiger partial charge in [-0.2, -0.15) is 0 Å². The van der Waals surface area contributed by atoms with Crippen LogP contribution in [0, 0.1) is 17.5 Å². The van der Waals surface area contributed by atoms with E-state index in [-0.39, 0.29) is 12.2 Å². The molecule has 0 heterocycles. The maximum Gasteiger partial charge on any atom is 0.161 e. The molecule has 0 spiro atoms. The number of aliphatic hydroxyl groups excluding tert-OH is 1. The summed E-state index contributed by atoms with van der Waals surface area (Å²) in [6.45, 7) is -0.279. The SMILES string of the molecule is OCC=Cc1cc(F)c(F)cc1F. The van der Waals surface area contributed by atoms with Gasteiger partial charge in [0.15, 0.2) is 11.6 Å². The van der Waals surface area contributed by atoms with Crippen LogP contribution in [0.3, 0.4) is 0 Å². The Morgan fingerprint density at radius 3 is 2.31 bits per heavy atom. The van der Waals surface area contributed by atoms with Crippen LogP contribution < -0.4 is 0 Å². The first-order valence-corrected chi connectivity index (χ1v) is 3.57. The van der Waals surface area contributed by atoms with Gasteiger partial charge in [0.2, 0.25) is 0 Å². The van der Waals surface area contributed by atoms with Gasteiger partial charge in [0, 0.05) is 11.6 Å². The van der Waals surface area contributed by atoms with Crippen molar-refractivity contribution in [2.75, 3.05) is 6.61 Å². The highest BCUT2D eigenvalue weighted by Crippen LogP contribution is 2.14. The zero-order chi connectivity index (χ0) is 9.84. The van der Waals surface area contributed by atoms with Crippen molar-refractivity contribution in [3.8, 4) is 0 Å². The van der Waals surface area contributed by atoms with Gasteiger partial charge >= 0.3 is 0 Å². The molecule has 0 aliphatic heterocycles. The van der Waals surface area contributed by atoms with E-state index in [4.69, 9.17) is 5.11 Å². The Hall–Kier alpha value is -1.29. The molecule has 0 fully saturated rings. The van der Waals surface area contributed by atoms with E-state index in [9.17, 15) is 13.2 Å². The highest BCUT2D eigenvalue weighted by Gasteiger charge is 2.06. The fourth-order valence-corrected chi connectivity index (χ4v) is 0.845. The van der Waals surface area contributed by atoms with Crippen LogP contribution in [0.5, 0.6) is 0 Å². The van der Waals surface area contributed by atoms with Crippen LogP contribution in [-0.2, 0) is 0 Å². The third kappa shape index (κ3) is 2.32. The van der Waals surface area contributed by atoms with Gasteiger partial charge in [-0.1, -0.05) is 12.2 Å². The molecule has 70 valence electrons. The molecular formula is C9H7F3O. The normalized spacial score (nSPS) is 11.1. The standard InChI is InChI=1S/C9H7F3O/c10-7-5-9(12)8(11)4-6(7)2-1-3-13/h1-2,4-5,13H,3H2. The van der Waals surface area contributed by atoms with E-state index in [1.807, 2.05) is 0 Å². The predicted molar refractivity (Wildman–Crippen MR) is 42.4 cm³/mol. The van der Waals surface area contributed by atoms with Gasteiger partial charge in [-0.25, -0.2) is 13.2 Å². The van der Waals surface area contributed by atoms with E-state index in [2.05, 4.69) is 0 Å². The summed E-state index contributed by atoms with van der Waals surface area (Å²) in [5.74, 6) is -3.19. The van der Waals surface area contributed by atoms with Crippen molar-refractivity contribution in [1.82, 2.24) is 0 Å². The molecule has 0 saturated carbocycles. The largest absolute Gasteiger partial charge is 0.392 e. The molecule has 0 unspecified atom stereocenters. The van der Waals surface area contributed by atoms with Gasteiger partial charge < -0.3 is 5.11 Å². The van der Waals surface area contributed by atoms with Crippen LogP contribution in [0.25, 0.3) is 6.08 Å². The van der Waals surface area contributed by atoms with Crippen LogP contribution in [0.15, 0.2) is 18.2 Å². The molecule has 13 heavy (non-hydrogen) atoms. The minimum absolute atomic E-state index is 0.0899. The summed E-state index contributed by atoms with van der Waals surface area (Å²) in [5.41, 5.74) is -0.0899. The number of hydrogen-bond donors (Lipinski definition) is 1. The molecule has 0 radical (unpaired) electrons. The second-order valence-electron chi connectivity index (χ2n) is 2.37. The van der Waals surface area contributed by atoms with Gasteiger partial charge in [0.05, 0.1) is 6.61 Å². The van der Waals surface area contributed by atoms with E-state index in [0.717, 1.165) is 6.07 Å². The molecule has 0 atom stereocenters. The number of halogens is 3. The summed E-state index contributed by atoms with van der Waals surface area (Å²) in [5, 5.41) is 8.37. The Kier molecular flexibility index (Phi) is 3.08.